The Labute approximate surface area is 212 Å². The summed E-state index contributed by atoms with van der Waals surface area (Å²) in [5.41, 5.74) is 2.62. The molecule has 178 valence electrons. The van der Waals surface area contributed by atoms with Crippen LogP contribution >= 0.6 is 0 Å². The van der Waals surface area contributed by atoms with Gasteiger partial charge in [0.15, 0.2) is 0 Å². The van der Waals surface area contributed by atoms with Crippen molar-refractivity contribution in [3.05, 3.63) is 132 Å². The molecule has 1 atom stereocenters. The van der Waals surface area contributed by atoms with Gasteiger partial charge in [0.25, 0.3) is 0 Å². The topological polar surface area (TPSA) is 49.7 Å². The Morgan fingerprint density at radius 3 is 2.09 bits per heavy atom. The average molecular weight is 552 g/mol. The molecule has 0 fully saturated rings. The minimum absolute atomic E-state index is 0.114. The molecule has 4 nitrogen and oxygen atoms in total. The third-order valence-corrected chi connectivity index (χ3v) is 9.35. The van der Waals surface area contributed by atoms with E-state index in [0.29, 0.717) is 5.32 Å². The summed E-state index contributed by atoms with van der Waals surface area (Å²) in [4.78, 5) is 0.184. The molecule has 0 aliphatic rings. The first-order valence-corrected chi connectivity index (χ1v) is 14.6. The van der Waals surface area contributed by atoms with Crippen LogP contribution in [0.2, 0.25) is 5.32 Å². The minimum atomic E-state index is -3.96. The summed E-state index contributed by atoms with van der Waals surface area (Å²) in [6, 6.07) is 31.6. The predicted octanol–water partition coefficient (Wildman–Crippen LogP) is 5.35. The Morgan fingerprint density at radius 1 is 0.857 bits per heavy atom. The van der Waals surface area contributed by atoms with Gasteiger partial charge in [-0.25, -0.2) is 0 Å². The molecule has 35 heavy (non-hydrogen) atoms. The Kier molecular flexibility index (Phi) is 8.13. The molecule has 0 aliphatic heterocycles. The summed E-state index contributed by atoms with van der Waals surface area (Å²) in [6.07, 6.45) is 1.58. The molecule has 0 saturated carbocycles. The van der Waals surface area contributed by atoms with Crippen LogP contribution in [0, 0.1) is 12.7 Å². The molecule has 0 bridgehead atoms. The first-order chi connectivity index (χ1) is 16.9. The maximum atomic E-state index is 13.9. The fourth-order valence-corrected chi connectivity index (χ4v) is 7.20. The third kappa shape index (κ3) is 6.45. The molecule has 0 spiro atoms. The van der Waals surface area contributed by atoms with Gasteiger partial charge in [0, 0.05) is 0 Å². The van der Waals surface area contributed by atoms with Gasteiger partial charge in [-0.15, -0.1) is 0 Å². The van der Waals surface area contributed by atoms with Crippen LogP contribution in [-0.2, 0) is 10.0 Å². The van der Waals surface area contributed by atoms with Crippen molar-refractivity contribution in [2.24, 2.45) is 5.10 Å². The second kappa shape index (κ2) is 11.5. The molecule has 1 unspecified atom stereocenters. The van der Waals surface area contributed by atoms with Crippen molar-refractivity contribution in [1.82, 2.24) is 4.41 Å². The molecular weight excluding hydrogens is 526 g/mol. The van der Waals surface area contributed by atoms with E-state index < -0.39 is 16.1 Å². The SMILES string of the molecule is Cc1ccc(S(=O)(=O)N(N=Cc2ccccc2)C(C[Se]c2ccc(F)cc2)c2ccccc2)cc1. The molecule has 4 aromatic carbocycles. The van der Waals surface area contributed by atoms with E-state index in [2.05, 4.69) is 5.10 Å². The molecule has 0 amide bonds. The zero-order valence-electron chi connectivity index (χ0n) is 19.2. The quantitative estimate of drug-likeness (QED) is 0.160. The number of hydrazone groups is 1. The van der Waals surface area contributed by atoms with Crippen molar-refractivity contribution in [3.8, 4) is 0 Å². The molecule has 0 radical (unpaired) electrons. The molecule has 0 saturated heterocycles. The van der Waals surface area contributed by atoms with E-state index in [1.807, 2.05) is 67.6 Å². The Morgan fingerprint density at radius 2 is 1.46 bits per heavy atom. The maximum absolute atomic E-state index is 13.9. The van der Waals surface area contributed by atoms with E-state index in [4.69, 9.17) is 0 Å². The molecule has 0 aliphatic carbocycles. The van der Waals surface area contributed by atoms with Crippen molar-refractivity contribution in [3.63, 3.8) is 0 Å². The molecule has 0 heterocycles. The van der Waals surface area contributed by atoms with Crippen molar-refractivity contribution in [2.45, 2.75) is 23.2 Å². The number of halogens is 1. The number of hydrogen-bond donors (Lipinski definition) is 0. The second-order valence-electron chi connectivity index (χ2n) is 7.94. The summed E-state index contributed by atoms with van der Waals surface area (Å²) < 4.78 is 43.4. The van der Waals surface area contributed by atoms with E-state index in [9.17, 15) is 12.8 Å². The zero-order chi connectivity index (χ0) is 24.7. The van der Waals surface area contributed by atoms with Gasteiger partial charge in [-0.2, -0.15) is 0 Å². The first kappa shape index (κ1) is 24.9. The molecule has 0 aromatic heterocycles. The molecule has 0 N–H and O–H groups in total. The summed E-state index contributed by atoms with van der Waals surface area (Å²) in [5.74, 6) is -0.291. The van der Waals surface area contributed by atoms with Crippen molar-refractivity contribution in [2.75, 3.05) is 0 Å². The van der Waals surface area contributed by atoms with Crippen LogP contribution in [0.15, 0.2) is 119 Å². The van der Waals surface area contributed by atoms with Crippen molar-refractivity contribution < 1.29 is 12.8 Å². The number of aryl methyl sites for hydroxylation is 1. The van der Waals surface area contributed by atoms with Gasteiger partial charge in [-0.3, -0.25) is 0 Å². The first-order valence-electron chi connectivity index (χ1n) is 11.1. The van der Waals surface area contributed by atoms with Gasteiger partial charge in [0.1, 0.15) is 0 Å². The molecular formula is C28H25FN2O2SSe. The van der Waals surface area contributed by atoms with Gasteiger partial charge >= 0.3 is 213 Å². The summed E-state index contributed by atoms with van der Waals surface area (Å²) in [6.45, 7) is 1.92. The van der Waals surface area contributed by atoms with Crippen LogP contribution in [0.1, 0.15) is 22.7 Å². The number of sulfonamides is 1. The van der Waals surface area contributed by atoms with Crippen molar-refractivity contribution >= 4 is 35.7 Å². The van der Waals surface area contributed by atoms with E-state index >= 15 is 0 Å². The summed E-state index contributed by atoms with van der Waals surface area (Å²) in [5, 5.41) is 5.07. The van der Waals surface area contributed by atoms with E-state index in [-0.39, 0.29) is 25.7 Å². The number of hydrogen-bond acceptors (Lipinski definition) is 3. The molecule has 4 aromatic rings. The van der Waals surface area contributed by atoms with Gasteiger partial charge in [0.05, 0.1) is 0 Å². The van der Waals surface area contributed by atoms with Gasteiger partial charge < -0.3 is 0 Å². The van der Waals surface area contributed by atoms with Crippen LogP contribution in [0.5, 0.6) is 0 Å². The standard InChI is InChI=1S/C28H25FN2O2SSe/c1-22-12-16-26(17-13-22)34(32,33)31(30-20-23-8-4-2-5-9-23)28(24-10-6-3-7-11-24)21-35-27-18-14-25(29)15-19-27/h2-20,28H,21H2,1H3. The fraction of sp³-hybridized carbons (Fsp3) is 0.107. The average Bonchev–Trinajstić information content (AvgIpc) is 2.88. The fourth-order valence-electron chi connectivity index (χ4n) is 3.46. The van der Waals surface area contributed by atoms with E-state index in [0.717, 1.165) is 21.2 Å². The monoisotopic (exact) mass is 552 g/mol. The Bertz CT molecular complexity index is 1360. The van der Waals surface area contributed by atoms with E-state index in [1.165, 1.54) is 16.5 Å². The normalized spacial score (nSPS) is 12.5. The van der Waals surface area contributed by atoms with Gasteiger partial charge in [0.2, 0.25) is 0 Å². The van der Waals surface area contributed by atoms with Crippen LogP contribution in [0.3, 0.4) is 0 Å². The van der Waals surface area contributed by atoms with E-state index in [1.54, 1.807) is 42.6 Å². The van der Waals surface area contributed by atoms with Crippen molar-refractivity contribution in [1.29, 1.82) is 0 Å². The summed E-state index contributed by atoms with van der Waals surface area (Å²) >= 11 is -0.114. The zero-order valence-corrected chi connectivity index (χ0v) is 21.7. The van der Waals surface area contributed by atoms with Crippen LogP contribution < -0.4 is 4.46 Å². The summed E-state index contributed by atoms with van der Waals surface area (Å²) in [7, 11) is -3.96. The number of nitrogens with zero attached hydrogens (tertiary/aromatic N) is 2. The van der Waals surface area contributed by atoms with Gasteiger partial charge in [-0.05, 0) is 0 Å². The third-order valence-electron chi connectivity index (χ3n) is 5.36. The van der Waals surface area contributed by atoms with Crippen LogP contribution in [0.4, 0.5) is 4.39 Å². The molecule has 4 rings (SSSR count). The second-order valence-corrected chi connectivity index (χ2v) is 12.0. The van der Waals surface area contributed by atoms with Crippen LogP contribution in [-0.4, -0.2) is 34.0 Å². The molecule has 7 heteroatoms. The number of benzene rings is 4. The van der Waals surface area contributed by atoms with Gasteiger partial charge in [-0.1, -0.05) is 0 Å². The Balaban J connectivity index is 1.77. The predicted molar refractivity (Wildman–Crippen MR) is 140 cm³/mol. The number of rotatable bonds is 9. The van der Waals surface area contributed by atoms with Crippen LogP contribution in [0.25, 0.3) is 0 Å². The Hall–Kier alpha value is -3.25.